The van der Waals surface area contributed by atoms with E-state index in [9.17, 15) is 5.11 Å². The van der Waals surface area contributed by atoms with E-state index >= 15 is 0 Å². The summed E-state index contributed by atoms with van der Waals surface area (Å²) in [6.07, 6.45) is 6.97. The molecule has 1 aliphatic carbocycles. The Morgan fingerprint density at radius 1 is 1.73 bits per heavy atom. The summed E-state index contributed by atoms with van der Waals surface area (Å²) in [5.74, 6) is 0. The molecule has 84 valence electrons. The largest absolute Gasteiger partial charge is 0.389 e. The zero-order valence-corrected chi connectivity index (χ0v) is 9.19. The highest BCUT2D eigenvalue weighted by Gasteiger charge is 2.35. The summed E-state index contributed by atoms with van der Waals surface area (Å²) in [5.41, 5.74) is 6.32. The Morgan fingerprint density at radius 2 is 2.53 bits per heavy atom. The average Bonchev–Trinajstić information content (AvgIpc) is 2.74. The van der Waals surface area contributed by atoms with Crippen molar-refractivity contribution in [3.63, 3.8) is 0 Å². The van der Waals surface area contributed by atoms with E-state index in [1.165, 1.54) is 0 Å². The van der Waals surface area contributed by atoms with Gasteiger partial charge in [0.2, 0.25) is 0 Å². The minimum absolute atomic E-state index is 0.163. The van der Waals surface area contributed by atoms with Crippen LogP contribution < -0.4 is 5.73 Å². The van der Waals surface area contributed by atoms with E-state index in [4.69, 9.17) is 5.73 Å². The molecule has 2 rings (SSSR count). The van der Waals surface area contributed by atoms with E-state index in [1.807, 2.05) is 17.1 Å². The van der Waals surface area contributed by atoms with Gasteiger partial charge in [0.1, 0.15) is 0 Å². The first-order valence-electron chi connectivity index (χ1n) is 5.60. The zero-order chi connectivity index (χ0) is 10.9. The first-order valence-corrected chi connectivity index (χ1v) is 5.60. The molecule has 3 N–H and O–H groups in total. The van der Waals surface area contributed by atoms with Crippen LogP contribution in [0, 0.1) is 0 Å². The van der Waals surface area contributed by atoms with Crippen LogP contribution >= 0.6 is 0 Å². The maximum atomic E-state index is 10.3. The van der Waals surface area contributed by atoms with Crippen molar-refractivity contribution < 1.29 is 5.11 Å². The van der Waals surface area contributed by atoms with Crippen LogP contribution in [0.3, 0.4) is 0 Å². The number of nitrogens with zero attached hydrogens (tertiary/aromatic N) is 2. The van der Waals surface area contributed by atoms with E-state index in [1.54, 1.807) is 0 Å². The normalized spacial score (nSPS) is 31.0. The molecule has 0 bridgehead atoms. The molecule has 1 heterocycles. The van der Waals surface area contributed by atoms with Crippen molar-refractivity contribution in [3.05, 3.63) is 18.0 Å². The number of aliphatic hydroxyl groups is 1. The van der Waals surface area contributed by atoms with Crippen molar-refractivity contribution in [3.8, 4) is 0 Å². The van der Waals surface area contributed by atoms with E-state index < -0.39 is 5.60 Å². The molecule has 1 aromatic heterocycles. The van der Waals surface area contributed by atoms with Gasteiger partial charge in [-0.05, 0) is 31.7 Å². The summed E-state index contributed by atoms with van der Waals surface area (Å²) in [5, 5.41) is 14.5. The van der Waals surface area contributed by atoms with Gasteiger partial charge in [-0.15, -0.1) is 0 Å². The van der Waals surface area contributed by atoms with Crippen LogP contribution in [0.25, 0.3) is 0 Å². The van der Waals surface area contributed by atoms with Crippen LogP contribution in [0.15, 0.2) is 12.4 Å². The fourth-order valence-corrected chi connectivity index (χ4v) is 2.36. The second kappa shape index (κ2) is 3.94. The molecule has 0 radical (unpaired) electrons. The van der Waals surface area contributed by atoms with Gasteiger partial charge in [-0.1, -0.05) is 0 Å². The number of hydrogen-bond donors (Lipinski definition) is 2. The molecule has 0 spiro atoms. The molecule has 0 amide bonds. The second-order valence-electron chi connectivity index (χ2n) is 4.61. The summed E-state index contributed by atoms with van der Waals surface area (Å²) in [6, 6.07) is 0.163. The highest BCUT2D eigenvalue weighted by Crippen LogP contribution is 2.31. The number of aryl methyl sites for hydroxylation is 1. The molecule has 1 fully saturated rings. The van der Waals surface area contributed by atoms with Gasteiger partial charge in [-0.3, -0.25) is 4.68 Å². The van der Waals surface area contributed by atoms with Gasteiger partial charge in [0.05, 0.1) is 11.8 Å². The van der Waals surface area contributed by atoms with Crippen LogP contribution in [0.4, 0.5) is 0 Å². The summed E-state index contributed by atoms with van der Waals surface area (Å²) >= 11 is 0. The molecule has 4 heteroatoms. The summed E-state index contributed by atoms with van der Waals surface area (Å²) in [6.45, 7) is 2.93. The Hall–Kier alpha value is -0.870. The molecule has 2 atom stereocenters. The van der Waals surface area contributed by atoms with E-state index in [0.29, 0.717) is 12.8 Å². The van der Waals surface area contributed by atoms with Crippen molar-refractivity contribution in [2.75, 3.05) is 0 Å². The second-order valence-corrected chi connectivity index (χ2v) is 4.61. The van der Waals surface area contributed by atoms with E-state index in [-0.39, 0.29) is 6.04 Å². The smallest absolute Gasteiger partial charge is 0.0704 e. The predicted octanol–water partition coefficient (Wildman–Crippen LogP) is 0.688. The molecule has 0 aromatic carbocycles. The van der Waals surface area contributed by atoms with Gasteiger partial charge in [0.25, 0.3) is 0 Å². The lowest BCUT2D eigenvalue weighted by Crippen LogP contribution is -2.30. The third-order valence-electron chi connectivity index (χ3n) is 3.17. The minimum atomic E-state index is -0.596. The van der Waals surface area contributed by atoms with Crippen LogP contribution in [0.2, 0.25) is 0 Å². The fourth-order valence-electron chi connectivity index (χ4n) is 2.36. The number of rotatable bonds is 3. The molecule has 1 aromatic rings. The molecule has 1 saturated carbocycles. The molecule has 15 heavy (non-hydrogen) atoms. The maximum Gasteiger partial charge on any atom is 0.0704 e. The number of nitrogens with two attached hydrogens (primary N) is 1. The van der Waals surface area contributed by atoms with Crippen molar-refractivity contribution in [2.45, 2.75) is 50.8 Å². The van der Waals surface area contributed by atoms with Crippen LogP contribution in [-0.4, -0.2) is 26.5 Å². The van der Waals surface area contributed by atoms with Gasteiger partial charge in [0, 0.05) is 25.2 Å². The Labute approximate surface area is 90.1 Å². The van der Waals surface area contributed by atoms with Gasteiger partial charge in [-0.2, -0.15) is 5.10 Å². The lowest BCUT2D eigenvalue weighted by Gasteiger charge is -2.21. The van der Waals surface area contributed by atoms with Crippen LogP contribution in [0.1, 0.15) is 31.7 Å². The Morgan fingerprint density at radius 3 is 3.07 bits per heavy atom. The van der Waals surface area contributed by atoms with Gasteiger partial charge >= 0.3 is 0 Å². The fraction of sp³-hybridized carbons (Fsp3) is 0.727. The third kappa shape index (κ3) is 2.38. The Bertz CT molecular complexity index is 336. The Kier molecular flexibility index (Phi) is 2.80. The molecular weight excluding hydrogens is 190 g/mol. The average molecular weight is 209 g/mol. The SMILES string of the molecule is CCn1cc(CC2(O)CCC(N)C2)cn1. The summed E-state index contributed by atoms with van der Waals surface area (Å²) < 4.78 is 1.88. The molecule has 2 unspecified atom stereocenters. The molecule has 0 saturated heterocycles. The highest BCUT2D eigenvalue weighted by molar-refractivity contribution is 5.10. The van der Waals surface area contributed by atoms with E-state index in [0.717, 1.165) is 24.9 Å². The predicted molar refractivity (Wildman–Crippen MR) is 58.4 cm³/mol. The standard InChI is InChI=1S/C11H19N3O/c1-2-14-8-9(7-13-14)5-11(15)4-3-10(12)6-11/h7-8,10,15H,2-6,12H2,1H3. The van der Waals surface area contributed by atoms with E-state index in [2.05, 4.69) is 12.0 Å². The van der Waals surface area contributed by atoms with Gasteiger partial charge < -0.3 is 10.8 Å². The van der Waals surface area contributed by atoms with Crippen LogP contribution in [0.5, 0.6) is 0 Å². The molecular formula is C11H19N3O. The molecule has 1 aliphatic rings. The topological polar surface area (TPSA) is 64.1 Å². The molecule has 4 nitrogen and oxygen atoms in total. The minimum Gasteiger partial charge on any atom is -0.389 e. The maximum absolute atomic E-state index is 10.3. The first kappa shape index (κ1) is 10.6. The molecule has 0 aliphatic heterocycles. The lowest BCUT2D eigenvalue weighted by molar-refractivity contribution is 0.0468. The summed E-state index contributed by atoms with van der Waals surface area (Å²) in [4.78, 5) is 0. The highest BCUT2D eigenvalue weighted by atomic mass is 16.3. The van der Waals surface area contributed by atoms with Crippen molar-refractivity contribution in [2.24, 2.45) is 5.73 Å². The third-order valence-corrected chi connectivity index (χ3v) is 3.17. The van der Waals surface area contributed by atoms with Crippen molar-refractivity contribution >= 4 is 0 Å². The Balaban J connectivity index is 2.02. The quantitative estimate of drug-likeness (QED) is 0.769. The lowest BCUT2D eigenvalue weighted by atomic mass is 9.94. The zero-order valence-electron chi connectivity index (χ0n) is 9.19. The monoisotopic (exact) mass is 209 g/mol. The van der Waals surface area contributed by atoms with Gasteiger partial charge in [-0.25, -0.2) is 0 Å². The number of aromatic nitrogens is 2. The van der Waals surface area contributed by atoms with Crippen LogP contribution in [-0.2, 0) is 13.0 Å². The van der Waals surface area contributed by atoms with Gasteiger partial charge in [0.15, 0.2) is 0 Å². The number of hydrogen-bond acceptors (Lipinski definition) is 3. The van der Waals surface area contributed by atoms with Crippen molar-refractivity contribution in [1.29, 1.82) is 0 Å². The first-order chi connectivity index (χ1) is 7.11. The van der Waals surface area contributed by atoms with Crippen molar-refractivity contribution in [1.82, 2.24) is 9.78 Å². The summed E-state index contributed by atoms with van der Waals surface area (Å²) in [7, 11) is 0.